The van der Waals surface area contributed by atoms with E-state index >= 15 is 0 Å². The van der Waals surface area contributed by atoms with Crippen molar-refractivity contribution in [3.05, 3.63) is 35.4 Å². The molecule has 0 unspecified atom stereocenters. The first-order valence-electron chi connectivity index (χ1n) is 5.15. The summed E-state index contributed by atoms with van der Waals surface area (Å²) in [5.74, 6) is -0.677. The SMILES string of the molecule is CC(C)Oc1ccccc1/C=C(\C#N)C(=O)O. The molecule has 0 atom stereocenters. The summed E-state index contributed by atoms with van der Waals surface area (Å²) in [5, 5.41) is 17.5. The lowest BCUT2D eigenvalue weighted by Crippen LogP contribution is -2.06. The highest BCUT2D eigenvalue weighted by Gasteiger charge is 2.09. The third-order valence-electron chi connectivity index (χ3n) is 1.93. The van der Waals surface area contributed by atoms with Gasteiger partial charge in [-0.25, -0.2) is 4.79 Å². The number of carbonyl (C=O) groups is 1. The first-order valence-corrected chi connectivity index (χ1v) is 5.15. The smallest absolute Gasteiger partial charge is 0.346 e. The Hall–Kier alpha value is -2.28. The summed E-state index contributed by atoms with van der Waals surface area (Å²) in [6.45, 7) is 3.76. The van der Waals surface area contributed by atoms with Crippen molar-refractivity contribution in [3.8, 4) is 11.8 Å². The lowest BCUT2D eigenvalue weighted by molar-refractivity contribution is -0.132. The number of para-hydroxylation sites is 1. The van der Waals surface area contributed by atoms with E-state index in [9.17, 15) is 4.79 Å². The van der Waals surface area contributed by atoms with E-state index < -0.39 is 5.97 Å². The van der Waals surface area contributed by atoms with Crippen molar-refractivity contribution in [1.82, 2.24) is 0 Å². The number of benzene rings is 1. The van der Waals surface area contributed by atoms with Crippen molar-refractivity contribution >= 4 is 12.0 Å². The van der Waals surface area contributed by atoms with E-state index in [1.165, 1.54) is 6.08 Å². The molecule has 1 aromatic carbocycles. The molecular formula is C13H13NO3. The van der Waals surface area contributed by atoms with Gasteiger partial charge in [0.2, 0.25) is 0 Å². The lowest BCUT2D eigenvalue weighted by atomic mass is 10.1. The van der Waals surface area contributed by atoms with Crippen LogP contribution in [0.5, 0.6) is 5.75 Å². The maximum Gasteiger partial charge on any atom is 0.346 e. The molecule has 0 aromatic heterocycles. The number of ether oxygens (including phenoxy) is 1. The molecule has 0 saturated heterocycles. The van der Waals surface area contributed by atoms with Crippen molar-refractivity contribution in [1.29, 1.82) is 5.26 Å². The highest BCUT2D eigenvalue weighted by molar-refractivity contribution is 5.96. The van der Waals surface area contributed by atoms with Crippen molar-refractivity contribution in [2.24, 2.45) is 0 Å². The van der Waals surface area contributed by atoms with E-state index in [-0.39, 0.29) is 11.7 Å². The quantitative estimate of drug-likeness (QED) is 0.638. The number of carboxylic acids is 1. The van der Waals surface area contributed by atoms with Crippen molar-refractivity contribution < 1.29 is 14.6 Å². The van der Waals surface area contributed by atoms with Crippen LogP contribution in [-0.2, 0) is 4.79 Å². The summed E-state index contributed by atoms with van der Waals surface area (Å²) in [6.07, 6.45) is 1.29. The number of nitriles is 1. The summed E-state index contributed by atoms with van der Waals surface area (Å²) in [5.41, 5.74) is 0.268. The number of carboxylic acid groups (broad SMARTS) is 1. The minimum absolute atomic E-state index is 0.0140. The Bertz CT molecular complexity index is 484. The normalized spacial score (nSPS) is 11.1. The summed E-state index contributed by atoms with van der Waals surface area (Å²) in [7, 11) is 0. The lowest BCUT2D eigenvalue weighted by Gasteiger charge is -2.12. The van der Waals surface area contributed by atoms with Crippen LogP contribution in [-0.4, -0.2) is 17.2 Å². The molecule has 0 heterocycles. The summed E-state index contributed by atoms with van der Waals surface area (Å²) < 4.78 is 5.52. The van der Waals surface area contributed by atoms with Crippen LogP contribution in [0.2, 0.25) is 0 Å². The van der Waals surface area contributed by atoms with Gasteiger partial charge in [-0.2, -0.15) is 5.26 Å². The van der Waals surface area contributed by atoms with Crippen LogP contribution in [0.1, 0.15) is 19.4 Å². The molecule has 0 spiro atoms. The predicted molar refractivity (Wildman–Crippen MR) is 63.4 cm³/mol. The van der Waals surface area contributed by atoms with Gasteiger partial charge in [0.1, 0.15) is 17.4 Å². The van der Waals surface area contributed by atoms with Gasteiger partial charge in [-0.3, -0.25) is 0 Å². The van der Waals surface area contributed by atoms with E-state index in [0.29, 0.717) is 11.3 Å². The third-order valence-corrected chi connectivity index (χ3v) is 1.93. The van der Waals surface area contributed by atoms with Gasteiger partial charge in [0.25, 0.3) is 0 Å². The fourth-order valence-electron chi connectivity index (χ4n) is 1.26. The molecule has 0 amide bonds. The molecule has 0 fully saturated rings. The Morgan fingerprint density at radius 3 is 2.65 bits per heavy atom. The average Bonchev–Trinajstić information content (AvgIpc) is 2.26. The maximum atomic E-state index is 10.7. The monoisotopic (exact) mass is 231 g/mol. The van der Waals surface area contributed by atoms with Gasteiger partial charge in [-0.1, -0.05) is 18.2 Å². The molecule has 1 aromatic rings. The van der Waals surface area contributed by atoms with E-state index in [2.05, 4.69) is 0 Å². The Labute approximate surface area is 99.8 Å². The van der Waals surface area contributed by atoms with Gasteiger partial charge < -0.3 is 9.84 Å². The largest absolute Gasteiger partial charge is 0.490 e. The van der Waals surface area contributed by atoms with Gasteiger partial charge in [0.05, 0.1) is 6.10 Å². The standard InChI is InChI=1S/C13H13NO3/c1-9(2)17-12-6-4-3-5-10(12)7-11(8-14)13(15)16/h3-7,9H,1-2H3,(H,15,16)/b11-7+. The Balaban J connectivity index is 3.14. The molecule has 88 valence electrons. The molecule has 0 saturated carbocycles. The summed E-state index contributed by atoms with van der Waals surface area (Å²) in [4.78, 5) is 10.7. The van der Waals surface area contributed by atoms with E-state index in [1.54, 1.807) is 30.3 Å². The topological polar surface area (TPSA) is 70.3 Å². The predicted octanol–water partition coefficient (Wildman–Crippen LogP) is 2.47. The zero-order valence-electron chi connectivity index (χ0n) is 9.68. The number of aliphatic carboxylic acids is 1. The fourth-order valence-corrected chi connectivity index (χ4v) is 1.26. The van der Waals surface area contributed by atoms with Gasteiger partial charge in [-0.15, -0.1) is 0 Å². The van der Waals surface area contributed by atoms with Crippen LogP contribution >= 0.6 is 0 Å². The van der Waals surface area contributed by atoms with E-state index in [1.807, 2.05) is 13.8 Å². The van der Waals surface area contributed by atoms with Crippen molar-refractivity contribution in [2.45, 2.75) is 20.0 Å². The zero-order chi connectivity index (χ0) is 12.8. The van der Waals surface area contributed by atoms with Crippen LogP contribution in [0, 0.1) is 11.3 Å². The second kappa shape index (κ2) is 5.71. The summed E-state index contributed by atoms with van der Waals surface area (Å²) >= 11 is 0. The molecule has 0 aliphatic rings. The first-order chi connectivity index (χ1) is 8.04. The maximum absolute atomic E-state index is 10.7. The molecule has 0 aliphatic carbocycles. The van der Waals surface area contributed by atoms with Gasteiger partial charge >= 0.3 is 5.97 Å². The molecule has 1 rings (SSSR count). The summed E-state index contributed by atoms with van der Waals surface area (Å²) in [6, 6.07) is 8.63. The van der Waals surface area contributed by atoms with Crippen LogP contribution in [0.25, 0.3) is 6.08 Å². The Morgan fingerprint density at radius 2 is 2.12 bits per heavy atom. The Kier molecular flexibility index (Phi) is 4.29. The van der Waals surface area contributed by atoms with Crippen molar-refractivity contribution in [3.63, 3.8) is 0 Å². The van der Waals surface area contributed by atoms with Gasteiger partial charge in [-0.05, 0) is 26.0 Å². The minimum Gasteiger partial charge on any atom is -0.490 e. The van der Waals surface area contributed by atoms with Gasteiger partial charge in [0.15, 0.2) is 0 Å². The van der Waals surface area contributed by atoms with Crippen LogP contribution in [0.15, 0.2) is 29.8 Å². The van der Waals surface area contributed by atoms with Crippen LogP contribution in [0.4, 0.5) is 0 Å². The number of hydrogen-bond acceptors (Lipinski definition) is 3. The average molecular weight is 231 g/mol. The molecule has 4 nitrogen and oxygen atoms in total. The van der Waals surface area contributed by atoms with Crippen LogP contribution in [0.3, 0.4) is 0 Å². The second-order valence-electron chi connectivity index (χ2n) is 3.68. The molecular weight excluding hydrogens is 218 g/mol. The molecule has 0 aliphatic heterocycles. The van der Waals surface area contributed by atoms with E-state index in [0.717, 1.165) is 0 Å². The second-order valence-corrected chi connectivity index (χ2v) is 3.68. The van der Waals surface area contributed by atoms with E-state index in [4.69, 9.17) is 15.1 Å². The number of rotatable bonds is 4. The highest BCUT2D eigenvalue weighted by atomic mass is 16.5. The first kappa shape index (κ1) is 12.8. The number of hydrogen-bond donors (Lipinski definition) is 1. The molecule has 4 heteroatoms. The fraction of sp³-hybridized carbons (Fsp3) is 0.231. The van der Waals surface area contributed by atoms with Gasteiger partial charge in [0, 0.05) is 5.56 Å². The number of nitrogens with zero attached hydrogens (tertiary/aromatic N) is 1. The molecule has 17 heavy (non-hydrogen) atoms. The highest BCUT2D eigenvalue weighted by Crippen LogP contribution is 2.22. The van der Waals surface area contributed by atoms with Crippen molar-refractivity contribution in [2.75, 3.05) is 0 Å². The molecule has 1 N–H and O–H groups in total. The third kappa shape index (κ3) is 3.65. The Morgan fingerprint density at radius 1 is 1.47 bits per heavy atom. The molecule has 0 bridgehead atoms. The zero-order valence-corrected chi connectivity index (χ0v) is 9.68. The minimum atomic E-state index is -1.24. The van der Waals surface area contributed by atoms with Crippen LogP contribution < -0.4 is 4.74 Å². The molecule has 0 radical (unpaired) electrons.